The van der Waals surface area contributed by atoms with E-state index in [1.807, 2.05) is 0 Å². The molecular formula is C8H11ClN4O4S. The van der Waals surface area contributed by atoms with Crippen molar-refractivity contribution in [1.29, 1.82) is 0 Å². The van der Waals surface area contributed by atoms with Gasteiger partial charge in [-0.3, -0.25) is 0 Å². The molecule has 1 fully saturated rings. The van der Waals surface area contributed by atoms with E-state index in [9.17, 15) is 10.2 Å². The van der Waals surface area contributed by atoms with Crippen LogP contribution in [0.2, 0.25) is 5.15 Å². The van der Waals surface area contributed by atoms with E-state index in [4.69, 9.17) is 39.4 Å². The number of halogens is 1. The maximum absolute atomic E-state index is 9.83. The van der Waals surface area contributed by atoms with Crippen LogP contribution in [0.1, 0.15) is 11.9 Å². The predicted octanol–water partition coefficient (Wildman–Crippen LogP) is -1.82. The zero-order valence-corrected chi connectivity index (χ0v) is 10.5. The number of ether oxygens (including phenoxy) is 1. The highest BCUT2D eigenvalue weighted by molar-refractivity contribution is 7.80. The normalized spacial score (nSPS) is 31.8. The quantitative estimate of drug-likeness (QED) is 0.480. The van der Waals surface area contributed by atoms with Gasteiger partial charge in [0.2, 0.25) is 0 Å². The average molecular weight is 295 g/mol. The lowest BCUT2D eigenvalue weighted by molar-refractivity contribution is -0.0596. The first-order chi connectivity index (χ1) is 8.47. The summed E-state index contributed by atoms with van der Waals surface area (Å²) in [5.41, 5.74) is 5.60. The maximum atomic E-state index is 9.83. The van der Waals surface area contributed by atoms with Crippen LogP contribution in [0.15, 0.2) is 0 Å². The van der Waals surface area contributed by atoms with Crippen molar-refractivity contribution in [2.75, 3.05) is 6.61 Å². The number of thiocarbonyl (C=S) groups is 1. The summed E-state index contributed by atoms with van der Waals surface area (Å²) in [5, 5.41) is 35.6. The number of rotatable bonds is 3. The summed E-state index contributed by atoms with van der Waals surface area (Å²) in [5.74, 6) is 0. The van der Waals surface area contributed by atoms with Crippen LogP contribution in [0.5, 0.6) is 0 Å². The Hall–Kier alpha value is -0.840. The van der Waals surface area contributed by atoms with E-state index >= 15 is 0 Å². The summed E-state index contributed by atoms with van der Waals surface area (Å²) < 4.78 is 6.35. The predicted molar refractivity (Wildman–Crippen MR) is 63.9 cm³/mol. The zero-order chi connectivity index (χ0) is 13.4. The van der Waals surface area contributed by atoms with E-state index < -0.39 is 31.1 Å². The average Bonchev–Trinajstić information content (AvgIpc) is 2.82. The molecule has 1 aromatic heterocycles. The van der Waals surface area contributed by atoms with Crippen LogP contribution >= 0.6 is 23.8 Å². The van der Waals surface area contributed by atoms with Gasteiger partial charge in [-0.2, -0.15) is 0 Å². The van der Waals surface area contributed by atoms with Gasteiger partial charge in [0.1, 0.15) is 29.0 Å². The summed E-state index contributed by atoms with van der Waals surface area (Å²) in [6.07, 6.45) is -4.53. The topological polar surface area (TPSA) is 127 Å². The first-order valence-electron chi connectivity index (χ1n) is 5.00. The van der Waals surface area contributed by atoms with Gasteiger partial charge in [-0.1, -0.05) is 29.0 Å². The molecule has 2 rings (SSSR count). The molecular weight excluding hydrogens is 284 g/mol. The lowest BCUT2D eigenvalue weighted by Gasteiger charge is -2.16. The molecule has 18 heavy (non-hydrogen) atoms. The second kappa shape index (κ2) is 5.03. The standard InChI is InChI=1S/C8H11ClN4O4S/c9-6-3(7(10)18)13(12-11-6)8-5(16)4(15)2(1-14)17-8/h2,4-5,8,14-16H,1H2,(H2,10,18)/t2-,4-,5-,8-/m1/s1. The Morgan fingerprint density at radius 1 is 1.50 bits per heavy atom. The highest BCUT2D eigenvalue weighted by atomic mass is 35.5. The van der Waals surface area contributed by atoms with Crippen molar-refractivity contribution in [3.05, 3.63) is 10.8 Å². The van der Waals surface area contributed by atoms with E-state index in [2.05, 4.69) is 10.3 Å². The maximum Gasteiger partial charge on any atom is 0.181 e. The summed E-state index contributed by atoms with van der Waals surface area (Å²) in [7, 11) is 0. The second-order valence-electron chi connectivity index (χ2n) is 3.77. The zero-order valence-electron chi connectivity index (χ0n) is 8.97. The SMILES string of the molecule is NC(=S)c1c(Cl)nnn1[C@@H]1O[C@H](CO)[C@@H](O)[C@H]1O. The minimum atomic E-state index is -1.30. The Labute approximate surface area is 112 Å². The summed E-state index contributed by atoms with van der Waals surface area (Å²) >= 11 is 10.6. The number of nitrogens with two attached hydrogens (primary N) is 1. The molecule has 0 unspecified atom stereocenters. The van der Waals surface area contributed by atoms with Crippen LogP contribution in [-0.4, -0.2) is 60.2 Å². The smallest absolute Gasteiger partial charge is 0.181 e. The minimum Gasteiger partial charge on any atom is -0.394 e. The third-order valence-electron chi connectivity index (χ3n) is 2.64. The van der Waals surface area contributed by atoms with Gasteiger partial charge in [0.15, 0.2) is 11.4 Å². The van der Waals surface area contributed by atoms with Gasteiger partial charge < -0.3 is 25.8 Å². The van der Waals surface area contributed by atoms with Gasteiger partial charge in [-0.25, -0.2) is 4.68 Å². The first kappa shape index (κ1) is 13.6. The van der Waals surface area contributed by atoms with Gasteiger partial charge in [0.25, 0.3) is 0 Å². The van der Waals surface area contributed by atoms with Crippen molar-refractivity contribution in [2.45, 2.75) is 24.5 Å². The Morgan fingerprint density at radius 3 is 2.67 bits per heavy atom. The van der Waals surface area contributed by atoms with Crippen LogP contribution in [-0.2, 0) is 4.74 Å². The molecule has 1 saturated heterocycles. The van der Waals surface area contributed by atoms with Gasteiger partial charge in [-0.15, -0.1) is 5.10 Å². The van der Waals surface area contributed by atoms with Crippen molar-refractivity contribution in [1.82, 2.24) is 15.0 Å². The van der Waals surface area contributed by atoms with E-state index in [-0.39, 0.29) is 15.8 Å². The van der Waals surface area contributed by atoms with Crippen LogP contribution in [0.25, 0.3) is 0 Å². The number of nitrogens with zero attached hydrogens (tertiary/aromatic N) is 3. The van der Waals surface area contributed by atoms with Gasteiger partial charge in [-0.05, 0) is 0 Å². The molecule has 0 bridgehead atoms. The van der Waals surface area contributed by atoms with Crippen LogP contribution in [0.4, 0.5) is 0 Å². The highest BCUT2D eigenvalue weighted by Crippen LogP contribution is 2.30. The van der Waals surface area contributed by atoms with E-state index in [0.717, 1.165) is 4.68 Å². The van der Waals surface area contributed by atoms with Crippen LogP contribution < -0.4 is 5.73 Å². The number of hydrogen-bond acceptors (Lipinski definition) is 7. The largest absolute Gasteiger partial charge is 0.394 e. The second-order valence-corrected chi connectivity index (χ2v) is 4.56. The summed E-state index contributed by atoms with van der Waals surface area (Å²) in [4.78, 5) is -0.0669. The fourth-order valence-corrected chi connectivity index (χ4v) is 2.22. The summed E-state index contributed by atoms with van der Waals surface area (Å²) in [6.45, 7) is -0.445. The molecule has 1 aliphatic heterocycles. The minimum absolute atomic E-state index is 0.0276. The van der Waals surface area contributed by atoms with Crippen LogP contribution in [0, 0.1) is 0 Å². The van der Waals surface area contributed by atoms with Gasteiger partial charge in [0.05, 0.1) is 6.61 Å². The molecule has 1 aliphatic rings. The van der Waals surface area contributed by atoms with E-state index in [0.29, 0.717) is 0 Å². The van der Waals surface area contributed by atoms with Crippen molar-refractivity contribution in [2.24, 2.45) is 5.73 Å². The monoisotopic (exact) mass is 294 g/mol. The van der Waals surface area contributed by atoms with Gasteiger partial charge >= 0.3 is 0 Å². The molecule has 8 nitrogen and oxygen atoms in total. The number of hydrogen-bond donors (Lipinski definition) is 4. The molecule has 5 N–H and O–H groups in total. The van der Waals surface area contributed by atoms with Crippen molar-refractivity contribution in [3.63, 3.8) is 0 Å². The Bertz CT molecular complexity index is 470. The Morgan fingerprint density at radius 2 is 2.17 bits per heavy atom. The molecule has 0 saturated carbocycles. The lowest BCUT2D eigenvalue weighted by atomic mass is 10.1. The number of aliphatic hydroxyl groups excluding tert-OH is 3. The number of aromatic nitrogens is 3. The number of aliphatic hydroxyl groups is 3. The van der Waals surface area contributed by atoms with Crippen molar-refractivity contribution < 1.29 is 20.1 Å². The van der Waals surface area contributed by atoms with Gasteiger partial charge in [0, 0.05) is 0 Å². The molecule has 4 atom stereocenters. The van der Waals surface area contributed by atoms with E-state index in [1.54, 1.807) is 0 Å². The van der Waals surface area contributed by atoms with Crippen molar-refractivity contribution >= 4 is 28.8 Å². The molecule has 10 heteroatoms. The van der Waals surface area contributed by atoms with Crippen molar-refractivity contribution in [3.8, 4) is 0 Å². The first-order valence-corrected chi connectivity index (χ1v) is 5.79. The Balaban J connectivity index is 2.36. The Kier molecular flexibility index (Phi) is 3.80. The highest BCUT2D eigenvalue weighted by Gasteiger charge is 2.45. The van der Waals surface area contributed by atoms with Crippen LogP contribution in [0.3, 0.4) is 0 Å². The molecule has 2 heterocycles. The molecule has 0 aromatic carbocycles. The fraction of sp³-hybridized carbons (Fsp3) is 0.625. The third-order valence-corrected chi connectivity index (χ3v) is 3.09. The molecule has 0 amide bonds. The molecule has 0 spiro atoms. The lowest BCUT2D eigenvalue weighted by Crippen LogP contribution is -2.34. The molecule has 100 valence electrons. The molecule has 0 radical (unpaired) electrons. The molecule has 0 aliphatic carbocycles. The summed E-state index contributed by atoms with van der Waals surface area (Å²) in [6, 6.07) is 0. The van der Waals surface area contributed by atoms with E-state index in [1.165, 1.54) is 0 Å². The third kappa shape index (κ3) is 2.09. The molecule has 1 aromatic rings. The fourth-order valence-electron chi connectivity index (χ4n) is 1.75.